The molecule has 0 spiro atoms. The van der Waals surface area contributed by atoms with E-state index in [9.17, 15) is 5.11 Å². The highest BCUT2D eigenvalue weighted by Crippen LogP contribution is 2.62. The fourth-order valence-corrected chi connectivity index (χ4v) is 7.74. The maximum atomic E-state index is 10.8. The molecule has 6 atom stereocenters. The van der Waals surface area contributed by atoms with Gasteiger partial charge in [0.2, 0.25) is 0 Å². The monoisotopic (exact) mass is 426 g/mol. The van der Waals surface area contributed by atoms with Crippen molar-refractivity contribution in [3.8, 4) is 0 Å². The van der Waals surface area contributed by atoms with Crippen molar-refractivity contribution < 1.29 is 10.2 Å². The van der Waals surface area contributed by atoms with Crippen LogP contribution in [-0.4, -0.2) is 22.9 Å². The first kappa shape index (κ1) is 23.3. The first-order valence-electron chi connectivity index (χ1n) is 13.5. The van der Waals surface area contributed by atoms with E-state index in [-0.39, 0.29) is 11.5 Å². The van der Waals surface area contributed by atoms with Gasteiger partial charge >= 0.3 is 0 Å². The molecule has 0 saturated heterocycles. The van der Waals surface area contributed by atoms with Crippen molar-refractivity contribution >= 4 is 0 Å². The quantitative estimate of drug-likeness (QED) is 0.373. The summed E-state index contributed by atoms with van der Waals surface area (Å²) in [6, 6.07) is 9.30. The van der Waals surface area contributed by atoms with Gasteiger partial charge in [0, 0.05) is 6.61 Å². The van der Waals surface area contributed by atoms with Gasteiger partial charge in [-0.05, 0) is 85.2 Å². The van der Waals surface area contributed by atoms with E-state index in [0.717, 1.165) is 36.5 Å². The lowest BCUT2D eigenvalue weighted by Crippen LogP contribution is -2.47. The molecule has 31 heavy (non-hydrogen) atoms. The zero-order chi connectivity index (χ0) is 21.7. The lowest BCUT2D eigenvalue weighted by molar-refractivity contribution is -0.0396. The standard InChI is InChI=1S/C29H46O2/c1-29-19-18-25-24-15-11-10-13-22(24)21-23(28(25)26(29)16-17-27(29)31)14-9-7-5-3-2-4-6-8-12-20-30/h10-11,13,15,23,25-28,30-31H,2-9,12,14,16-21H2,1H3/t23-,25-,26+,27+,28-,29+/m1/s1. The maximum absolute atomic E-state index is 10.8. The third-order valence-corrected chi connectivity index (χ3v) is 9.50. The number of benzene rings is 1. The molecule has 1 aromatic carbocycles. The van der Waals surface area contributed by atoms with Gasteiger partial charge in [-0.25, -0.2) is 0 Å². The van der Waals surface area contributed by atoms with E-state index in [2.05, 4.69) is 31.2 Å². The SMILES string of the molecule is C[C@]12CC[C@@H]3c4ccccc4C[C@@H](CCCCCCCCCCCO)[C@H]3[C@@H]1CC[C@@H]2O. The predicted octanol–water partition coefficient (Wildman–Crippen LogP) is 7.02. The van der Waals surface area contributed by atoms with Gasteiger partial charge in [0.15, 0.2) is 0 Å². The molecule has 3 aliphatic carbocycles. The molecule has 0 unspecified atom stereocenters. The van der Waals surface area contributed by atoms with Crippen LogP contribution < -0.4 is 0 Å². The molecule has 2 nitrogen and oxygen atoms in total. The topological polar surface area (TPSA) is 40.5 Å². The highest BCUT2D eigenvalue weighted by Gasteiger charge is 2.56. The van der Waals surface area contributed by atoms with Crippen LogP contribution in [0.15, 0.2) is 24.3 Å². The fourth-order valence-electron chi connectivity index (χ4n) is 7.74. The molecule has 174 valence electrons. The number of hydrogen-bond donors (Lipinski definition) is 2. The van der Waals surface area contributed by atoms with Gasteiger partial charge < -0.3 is 10.2 Å². The van der Waals surface area contributed by atoms with Gasteiger partial charge in [-0.3, -0.25) is 0 Å². The Morgan fingerprint density at radius 3 is 2.29 bits per heavy atom. The molecule has 2 heteroatoms. The smallest absolute Gasteiger partial charge is 0.0596 e. The Bertz CT molecular complexity index is 685. The first-order valence-corrected chi connectivity index (χ1v) is 13.5. The van der Waals surface area contributed by atoms with Crippen molar-refractivity contribution in [2.24, 2.45) is 23.2 Å². The van der Waals surface area contributed by atoms with Gasteiger partial charge in [-0.15, -0.1) is 0 Å². The summed E-state index contributed by atoms with van der Waals surface area (Å²) in [7, 11) is 0. The second kappa shape index (κ2) is 10.8. The highest BCUT2D eigenvalue weighted by atomic mass is 16.3. The Kier molecular flexibility index (Phi) is 8.15. The molecule has 0 radical (unpaired) electrons. The van der Waals surface area contributed by atoms with Crippen LogP contribution in [0.25, 0.3) is 0 Å². The van der Waals surface area contributed by atoms with E-state index in [1.165, 1.54) is 83.5 Å². The van der Waals surface area contributed by atoms with Gasteiger partial charge in [-0.2, -0.15) is 0 Å². The van der Waals surface area contributed by atoms with E-state index in [1.54, 1.807) is 11.1 Å². The molecule has 0 heterocycles. The van der Waals surface area contributed by atoms with Crippen LogP contribution in [-0.2, 0) is 6.42 Å². The summed E-state index contributed by atoms with van der Waals surface area (Å²) < 4.78 is 0. The summed E-state index contributed by atoms with van der Waals surface area (Å²) in [6.07, 6.45) is 19.0. The minimum atomic E-state index is -0.0753. The zero-order valence-corrected chi connectivity index (χ0v) is 19.9. The van der Waals surface area contributed by atoms with Crippen LogP contribution in [0.5, 0.6) is 0 Å². The first-order chi connectivity index (χ1) is 15.1. The fraction of sp³-hybridized carbons (Fsp3) is 0.793. The molecule has 2 saturated carbocycles. The number of fused-ring (bicyclic) bond motifs is 5. The van der Waals surface area contributed by atoms with E-state index in [4.69, 9.17) is 5.11 Å². The van der Waals surface area contributed by atoms with Crippen LogP contribution in [0.1, 0.15) is 114 Å². The van der Waals surface area contributed by atoms with E-state index < -0.39 is 0 Å². The molecule has 0 aliphatic heterocycles. The average molecular weight is 427 g/mol. The van der Waals surface area contributed by atoms with Crippen LogP contribution in [0, 0.1) is 23.2 Å². The number of rotatable bonds is 11. The van der Waals surface area contributed by atoms with Gasteiger partial charge in [0.05, 0.1) is 6.10 Å². The molecule has 3 aliphatic rings. The van der Waals surface area contributed by atoms with Crippen molar-refractivity contribution in [2.75, 3.05) is 6.61 Å². The largest absolute Gasteiger partial charge is 0.396 e. The third kappa shape index (κ3) is 5.06. The summed E-state index contributed by atoms with van der Waals surface area (Å²) in [5.74, 6) is 3.06. The Hall–Kier alpha value is -0.860. The molecular formula is C29H46O2. The normalized spacial score (nSPS) is 34.2. The van der Waals surface area contributed by atoms with Crippen molar-refractivity contribution in [1.82, 2.24) is 0 Å². The third-order valence-electron chi connectivity index (χ3n) is 9.50. The molecular weight excluding hydrogens is 380 g/mol. The molecule has 1 aromatic rings. The minimum absolute atomic E-state index is 0.0753. The second-order valence-electron chi connectivity index (χ2n) is 11.3. The maximum Gasteiger partial charge on any atom is 0.0596 e. The van der Waals surface area contributed by atoms with Crippen LogP contribution in [0.4, 0.5) is 0 Å². The van der Waals surface area contributed by atoms with Crippen molar-refractivity contribution in [1.29, 1.82) is 0 Å². The summed E-state index contributed by atoms with van der Waals surface area (Å²) in [5.41, 5.74) is 3.44. The van der Waals surface area contributed by atoms with Crippen LogP contribution >= 0.6 is 0 Å². The van der Waals surface area contributed by atoms with E-state index >= 15 is 0 Å². The summed E-state index contributed by atoms with van der Waals surface area (Å²) in [6.45, 7) is 2.76. The van der Waals surface area contributed by atoms with Crippen LogP contribution in [0.2, 0.25) is 0 Å². The van der Waals surface area contributed by atoms with Gasteiger partial charge in [0.25, 0.3) is 0 Å². The Labute approximate surface area is 190 Å². The molecule has 0 aromatic heterocycles. The molecule has 4 rings (SSSR count). The number of aliphatic hydroxyl groups excluding tert-OH is 2. The average Bonchev–Trinajstić information content (AvgIpc) is 3.09. The lowest BCUT2D eigenvalue weighted by Gasteiger charge is -2.53. The summed E-state index contributed by atoms with van der Waals surface area (Å²) >= 11 is 0. The molecule has 2 fully saturated rings. The second-order valence-corrected chi connectivity index (χ2v) is 11.3. The number of aliphatic hydroxyl groups is 2. The summed E-state index contributed by atoms with van der Waals surface area (Å²) in [4.78, 5) is 0. The van der Waals surface area contributed by atoms with Crippen molar-refractivity contribution in [3.63, 3.8) is 0 Å². The Morgan fingerprint density at radius 2 is 1.55 bits per heavy atom. The number of hydrogen-bond acceptors (Lipinski definition) is 2. The zero-order valence-electron chi connectivity index (χ0n) is 19.9. The lowest BCUT2D eigenvalue weighted by atomic mass is 9.52. The van der Waals surface area contributed by atoms with Crippen LogP contribution in [0.3, 0.4) is 0 Å². The molecule has 0 bridgehead atoms. The van der Waals surface area contributed by atoms with E-state index in [0.29, 0.717) is 6.61 Å². The molecule has 0 amide bonds. The van der Waals surface area contributed by atoms with E-state index in [1.807, 2.05) is 0 Å². The van der Waals surface area contributed by atoms with Gasteiger partial charge in [0.1, 0.15) is 0 Å². The minimum Gasteiger partial charge on any atom is -0.396 e. The van der Waals surface area contributed by atoms with Gasteiger partial charge in [-0.1, -0.05) is 82.6 Å². The molecule has 2 N–H and O–H groups in total. The highest BCUT2D eigenvalue weighted by molar-refractivity contribution is 5.35. The summed E-state index contributed by atoms with van der Waals surface area (Å²) in [5, 5.41) is 19.7. The van der Waals surface area contributed by atoms with Crippen molar-refractivity contribution in [2.45, 2.75) is 115 Å². The van der Waals surface area contributed by atoms with Crippen molar-refractivity contribution in [3.05, 3.63) is 35.4 Å². The number of unbranched alkanes of at least 4 members (excludes halogenated alkanes) is 8. The Balaban J connectivity index is 1.31. The predicted molar refractivity (Wildman–Crippen MR) is 129 cm³/mol. The Morgan fingerprint density at radius 1 is 0.871 bits per heavy atom.